The normalized spacial score (nSPS) is 10.7. The molecule has 0 N–H and O–H groups in total. The number of esters is 1. The van der Waals surface area contributed by atoms with Crippen molar-refractivity contribution in [3.8, 4) is 0 Å². The van der Waals surface area contributed by atoms with Crippen LogP contribution in [0.3, 0.4) is 0 Å². The lowest BCUT2D eigenvalue weighted by Crippen LogP contribution is -2.06. The topological polar surface area (TPSA) is 47.8 Å². The molecule has 0 aliphatic heterocycles. The highest BCUT2D eigenvalue weighted by atomic mass is 16.5. The summed E-state index contributed by atoms with van der Waals surface area (Å²) < 4.78 is 6.92. The van der Waals surface area contributed by atoms with Gasteiger partial charge in [0.25, 0.3) is 0 Å². The van der Waals surface area contributed by atoms with Crippen LogP contribution in [0, 0.1) is 6.92 Å². The van der Waals surface area contributed by atoms with Crippen LogP contribution in [0.2, 0.25) is 0 Å². The lowest BCUT2D eigenvalue weighted by atomic mass is 10.1. The van der Waals surface area contributed by atoms with Gasteiger partial charge in [0, 0.05) is 11.3 Å². The monoisotopic (exact) mass is 307 g/mol. The van der Waals surface area contributed by atoms with Crippen molar-refractivity contribution in [3.05, 3.63) is 77.1 Å². The third-order valence-corrected chi connectivity index (χ3v) is 3.75. The van der Waals surface area contributed by atoms with Crippen molar-refractivity contribution >= 4 is 17.3 Å². The molecular formula is C19H17NO3. The van der Waals surface area contributed by atoms with Crippen molar-refractivity contribution in [2.24, 2.45) is 0 Å². The Kier molecular flexibility index (Phi) is 3.98. The highest BCUT2D eigenvalue weighted by Crippen LogP contribution is 2.22. The fraction of sp³-hybridized carbons (Fsp3) is 0.158. The van der Waals surface area contributed by atoms with E-state index in [1.807, 2.05) is 47.7 Å². The number of nitrogens with zero attached hydrogens (tertiary/aromatic N) is 1. The summed E-state index contributed by atoms with van der Waals surface area (Å²) in [6.07, 6.45) is 0. The Labute approximate surface area is 134 Å². The lowest BCUT2D eigenvalue weighted by Gasteiger charge is -2.06. The van der Waals surface area contributed by atoms with Crippen molar-refractivity contribution in [1.29, 1.82) is 0 Å². The van der Waals surface area contributed by atoms with Crippen LogP contribution >= 0.6 is 0 Å². The van der Waals surface area contributed by atoms with Gasteiger partial charge in [0.05, 0.1) is 23.4 Å². The summed E-state index contributed by atoms with van der Waals surface area (Å²) in [5.41, 5.74) is 3.04. The molecule has 2 heterocycles. The smallest absolute Gasteiger partial charge is 0.340 e. The summed E-state index contributed by atoms with van der Waals surface area (Å²) in [4.78, 5) is 25.0. The summed E-state index contributed by atoms with van der Waals surface area (Å²) in [6, 6.07) is 16.3. The molecule has 0 saturated heterocycles. The fourth-order valence-electron chi connectivity index (χ4n) is 2.70. The average molecular weight is 307 g/mol. The number of hydrogen-bond donors (Lipinski definition) is 0. The minimum absolute atomic E-state index is 0.120. The lowest BCUT2D eigenvalue weighted by molar-refractivity contribution is 0.0529. The van der Waals surface area contributed by atoms with Gasteiger partial charge in [0.2, 0.25) is 5.78 Å². The van der Waals surface area contributed by atoms with Gasteiger partial charge in [0.1, 0.15) is 0 Å². The Bertz CT molecular complexity index is 878. The van der Waals surface area contributed by atoms with Gasteiger partial charge in [-0.2, -0.15) is 0 Å². The zero-order valence-electron chi connectivity index (χ0n) is 13.1. The molecule has 2 aromatic heterocycles. The molecular weight excluding hydrogens is 290 g/mol. The first-order valence-corrected chi connectivity index (χ1v) is 7.51. The zero-order chi connectivity index (χ0) is 16.4. The Morgan fingerprint density at radius 3 is 2.48 bits per heavy atom. The van der Waals surface area contributed by atoms with Crippen molar-refractivity contribution < 1.29 is 14.3 Å². The van der Waals surface area contributed by atoms with E-state index in [0.29, 0.717) is 28.9 Å². The molecule has 3 aromatic rings. The first-order valence-electron chi connectivity index (χ1n) is 7.51. The van der Waals surface area contributed by atoms with Crippen LogP contribution in [0.5, 0.6) is 0 Å². The molecule has 4 nitrogen and oxygen atoms in total. The maximum absolute atomic E-state index is 12.8. The first-order chi connectivity index (χ1) is 11.1. The van der Waals surface area contributed by atoms with E-state index in [0.717, 1.165) is 5.69 Å². The second-order valence-electron chi connectivity index (χ2n) is 5.25. The van der Waals surface area contributed by atoms with E-state index in [1.165, 1.54) is 0 Å². The van der Waals surface area contributed by atoms with Gasteiger partial charge in [-0.15, -0.1) is 0 Å². The molecule has 0 spiro atoms. The number of ether oxygens (including phenoxy) is 1. The van der Waals surface area contributed by atoms with E-state index in [4.69, 9.17) is 4.74 Å². The van der Waals surface area contributed by atoms with Gasteiger partial charge in [-0.25, -0.2) is 4.79 Å². The minimum atomic E-state index is -0.414. The van der Waals surface area contributed by atoms with E-state index < -0.39 is 5.97 Å². The van der Waals surface area contributed by atoms with Crippen LogP contribution in [0.25, 0.3) is 5.52 Å². The van der Waals surface area contributed by atoms with Gasteiger partial charge < -0.3 is 9.14 Å². The van der Waals surface area contributed by atoms with Gasteiger partial charge in [-0.3, -0.25) is 4.79 Å². The van der Waals surface area contributed by atoms with E-state index in [-0.39, 0.29) is 5.78 Å². The Balaban J connectivity index is 2.21. The number of rotatable bonds is 4. The summed E-state index contributed by atoms with van der Waals surface area (Å²) in [7, 11) is 0. The summed E-state index contributed by atoms with van der Waals surface area (Å²) in [5.74, 6) is -0.534. The first kappa shape index (κ1) is 15.0. The highest BCUT2D eigenvalue weighted by molar-refractivity contribution is 6.11. The SMILES string of the molecule is CCOC(=O)c1cc(C(=O)c2ccccc2)n2c(C)cccc12. The van der Waals surface area contributed by atoms with Crippen molar-refractivity contribution in [3.63, 3.8) is 0 Å². The predicted molar refractivity (Wildman–Crippen MR) is 88.0 cm³/mol. The molecule has 0 bridgehead atoms. The highest BCUT2D eigenvalue weighted by Gasteiger charge is 2.21. The van der Waals surface area contributed by atoms with Crippen LogP contribution in [-0.4, -0.2) is 22.8 Å². The van der Waals surface area contributed by atoms with Gasteiger partial charge in [0.15, 0.2) is 0 Å². The maximum atomic E-state index is 12.8. The molecule has 0 unspecified atom stereocenters. The van der Waals surface area contributed by atoms with Gasteiger partial charge in [-0.05, 0) is 32.0 Å². The quantitative estimate of drug-likeness (QED) is 0.546. The molecule has 1 aromatic carbocycles. The summed E-state index contributed by atoms with van der Waals surface area (Å²) in [5, 5.41) is 0. The molecule has 23 heavy (non-hydrogen) atoms. The van der Waals surface area contributed by atoms with Crippen molar-refractivity contribution in [2.45, 2.75) is 13.8 Å². The minimum Gasteiger partial charge on any atom is -0.462 e. The van der Waals surface area contributed by atoms with Crippen molar-refractivity contribution in [2.75, 3.05) is 6.61 Å². The van der Waals surface area contributed by atoms with Crippen LogP contribution in [0.1, 0.15) is 39.0 Å². The number of aromatic nitrogens is 1. The van der Waals surface area contributed by atoms with E-state index in [2.05, 4.69) is 0 Å². The fourth-order valence-corrected chi connectivity index (χ4v) is 2.70. The van der Waals surface area contributed by atoms with Gasteiger partial charge in [-0.1, -0.05) is 36.4 Å². The number of benzene rings is 1. The number of carbonyl (C=O) groups is 2. The van der Waals surface area contributed by atoms with E-state index >= 15 is 0 Å². The molecule has 0 saturated carbocycles. The Morgan fingerprint density at radius 2 is 1.78 bits per heavy atom. The van der Waals surface area contributed by atoms with Crippen LogP contribution in [0.15, 0.2) is 54.6 Å². The number of carbonyl (C=O) groups excluding carboxylic acids is 2. The Morgan fingerprint density at radius 1 is 1.04 bits per heavy atom. The number of hydrogen-bond acceptors (Lipinski definition) is 3. The zero-order valence-corrected chi connectivity index (χ0v) is 13.1. The van der Waals surface area contributed by atoms with Gasteiger partial charge >= 0.3 is 5.97 Å². The number of ketones is 1. The molecule has 0 aliphatic rings. The largest absolute Gasteiger partial charge is 0.462 e. The average Bonchev–Trinajstić information content (AvgIpc) is 2.96. The predicted octanol–water partition coefficient (Wildman–Crippen LogP) is 3.66. The summed E-state index contributed by atoms with van der Waals surface area (Å²) >= 11 is 0. The number of pyridine rings is 1. The standard InChI is InChI=1S/C19H17NO3/c1-3-23-19(22)15-12-17(18(21)14-9-5-4-6-10-14)20-13(2)8-7-11-16(15)20/h4-12H,3H2,1-2H3. The third-order valence-electron chi connectivity index (χ3n) is 3.75. The molecule has 0 amide bonds. The van der Waals surface area contributed by atoms with Crippen LogP contribution in [-0.2, 0) is 4.74 Å². The van der Waals surface area contributed by atoms with Crippen LogP contribution in [0.4, 0.5) is 0 Å². The molecule has 0 aliphatic carbocycles. The molecule has 4 heteroatoms. The summed E-state index contributed by atoms with van der Waals surface area (Å²) in [6.45, 7) is 3.96. The molecule has 3 rings (SSSR count). The maximum Gasteiger partial charge on any atom is 0.340 e. The van der Waals surface area contributed by atoms with Crippen LogP contribution < -0.4 is 0 Å². The number of fused-ring (bicyclic) bond motifs is 1. The number of aryl methyl sites for hydroxylation is 1. The van der Waals surface area contributed by atoms with E-state index in [1.54, 1.807) is 25.1 Å². The third kappa shape index (κ3) is 2.63. The second-order valence-corrected chi connectivity index (χ2v) is 5.25. The molecule has 116 valence electrons. The second kappa shape index (κ2) is 6.08. The molecule has 0 radical (unpaired) electrons. The van der Waals surface area contributed by atoms with E-state index in [9.17, 15) is 9.59 Å². The Hall–Kier alpha value is -2.88. The van der Waals surface area contributed by atoms with Crippen molar-refractivity contribution in [1.82, 2.24) is 4.40 Å². The molecule has 0 fully saturated rings. The molecule has 0 atom stereocenters.